The third-order valence-electron chi connectivity index (χ3n) is 3.52. The van der Waals surface area contributed by atoms with Crippen LogP contribution < -0.4 is 4.90 Å². The molecule has 0 amide bonds. The second kappa shape index (κ2) is 5.43. The Balaban J connectivity index is 2.19. The Morgan fingerprint density at radius 1 is 1.42 bits per heavy atom. The zero-order valence-corrected chi connectivity index (χ0v) is 12.3. The summed E-state index contributed by atoms with van der Waals surface area (Å²) in [6.45, 7) is 6.17. The van der Waals surface area contributed by atoms with E-state index in [9.17, 15) is 5.11 Å². The zero-order chi connectivity index (χ0) is 14.0. The number of aliphatic hydroxyl groups is 1. The lowest BCUT2D eigenvalue weighted by molar-refractivity contribution is 0.00348. The van der Waals surface area contributed by atoms with E-state index in [0.29, 0.717) is 13.1 Å². The van der Waals surface area contributed by atoms with E-state index in [1.54, 1.807) is 6.20 Å². The summed E-state index contributed by atoms with van der Waals surface area (Å²) in [7, 11) is 3.99. The number of aryl methyl sites for hydroxylation is 2. The van der Waals surface area contributed by atoms with Crippen LogP contribution in [-0.4, -0.2) is 59.3 Å². The molecule has 0 aromatic carbocycles. The van der Waals surface area contributed by atoms with Crippen LogP contribution >= 0.6 is 0 Å². The standard InChI is InChI=1S/C14H24N4O/c1-11-8-15-12(2)13(16-11)18-7-5-6-14(19,10-18)9-17(3)4/h8,19H,5-7,9-10H2,1-4H3/t14-/m0/s1. The molecule has 1 atom stereocenters. The molecule has 1 aromatic rings. The summed E-state index contributed by atoms with van der Waals surface area (Å²) in [5.41, 5.74) is 1.20. The zero-order valence-electron chi connectivity index (χ0n) is 12.3. The van der Waals surface area contributed by atoms with Crippen molar-refractivity contribution in [1.29, 1.82) is 0 Å². The predicted molar refractivity (Wildman–Crippen MR) is 76.5 cm³/mol. The van der Waals surface area contributed by atoms with Crippen molar-refractivity contribution in [3.8, 4) is 0 Å². The van der Waals surface area contributed by atoms with Gasteiger partial charge in [0.1, 0.15) is 5.82 Å². The van der Waals surface area contributed by atoms with Crippen molar-refractivity contribution >= 4 is 5.82 Å². The lowest BCUT2D eigenvalue weighted by atomic mass is 9.92. The van der Waals surface area contributed by atoms with E-state index >= 15 is 0 Å². The SMILES string of the molecule is Cc1cnc(C)c(N2CCC[C@](O)(CN(C)C)C2)n1. The van der Waals surface area contributed by atoms with Gasteiger partial charge in [-0.2, -0.15) is 0 Å². The molecule has 19 heavy (non-hydrogen) atoms. The topological polar surface area (TPSA) is 52.5 Å². The maximum absolute atomic E-state index is 10.7. The molecule has 0 aliphatic carbocycles. The average molecular weight is 264 g/mol. The molecule has 5 heteroatoms. The summed E-state index contributed by atoms with van der Waals surface area (Å²) in [5.74, 6) is 0.914. The van der Waals surface area contributed by atoms with Crippen molar-refractivity contribution in [3.63, 3.8) is 0 Å². The number of anilines is 1. The first-order chi connectivity index (χ1) is 8.89. The molecule has 106 valence electrons. The Hall–Kier alpha value is -1.20. The first-order valence-corrected chi connectivity index (χ1v) is 6.82. The number of hydrogen-bond acceptors (Lipinski definition) is 5. The molecule has 1 fully saturated rings. The smallest absolute Gasteiger partial charge is 0.150 e. The predicted octanol–water partition coefficient (Wildman–Crippen LogP) is 0.986. The van der Waals surface area contributed by atoms with Crippen LogP contribution in [0, 0.1) is 13.8 Å². The lowest BCUT2D eigenvalue weighted by Crippen LogP contribution is -2.53. The molecule has 0 unspecified atom stereocenters. The van der Waals surface area contributed by atoms with Gasteiger partial charge in [-0.1, -0.05) is 0 Å². The fourth-order valence-electron chi connectivity index (χ4n) is 2.84. The highest BCUT2D eigenvalue weighted by atomic mass is 16.3. The van der Waals surface area contributed by atoms with Crippen molar-refractivity contribution in [3.05, 3.63) is 17.6 Å². The van der Waals surface area contributed by atoms with E-state index in [1.807, 2.05) is 32.8 Å². The van der Waals surface area contributed by atoms with Crippen LogP contribution in [0.4, 0.5) is 5.82 Å². The molecule has 1 saturated heterocycles. The third kappa shape index (κ3) is 3.42. The molecule has 2 heterocycles. The normalized spacial score (nSPS) is 24.0. The van der Waals surface area contributed by atoms with Crippen molar-refractivity contribution in [2.24, 2.45) is 0 Å². The van der Waals surface area contributed by atoms with E-state index in [4.69, 9.17) is 0 Å². The third-order valence-corrected chi connectivity index (χ3v) is 3.52. The number of rotatable bonds is 3. The van der Waals surface area contributed by atoms with Crippen LogP contribution in [0.25, 0.3) is 0 Å². The van der Waals surface area contributed by atoms with Crippen LogP contribution in [0.15, 0.2) is 6.20 Å². The minimum absolute atomic E-state index is 0.629. The van der Waals surface area contributed by atoms with Crippen molar-refractivity contribution in [2.75, 3.05) is 38.6 Å². The number of piperidine rings is 1. The van der Waals surface area contributed by atoms with Crippen LogP contribution in [0.5, 0.6) is 0 Å². The molecule has 0 saturated carbocycles. The van der Waals surface area contributed by atoms with Gasteiger partial charge in [0.15, 0.2) is 0 Å². The van der Waals surface area contributed by atoms with Crippen LogP contribution in [-0.2, 0) is 0 Å². The second-order valence-corrected chi connectivity index (χ2v) is 5.91. The number of hydrogen-bond donors (Lipinski definition) is 1. The number of aromatic nitrogens is 2. The summed E-state index contributed by atoms with van der Waals surface area (Å²) >= 11 is 0. The Kier molecular flexibility index (Phi) is 4.06. The fraction of sp³-hybridized carbons (Fsp3) is 0.714. The molecule has 5 nitrogen and oxygen atoms in total. The van der Waals surface area contributed by atoms with Crippen molar-refractivity contribution < 1.29 is 5.11 Å². The maximum atomic E-state index is 10.7. The number of β-amino-alcohol motifs (C(OH)–C–C–N with tert-alkyl or cyclic N) is 1. The van der Waals surface area contributed by atoms with Gasteiger partial charge in [0.2, 0.25) is 0 Å². The average Bonchev–Trinajstić information content (AvgIpc) is 2.30. The number of likely N-dealkylation sites (N-methyl/N-ethyl adjacent to an activating group) is 1. The summed E-state index contributed by atoms with van der Waals surface area (Å²) in [4.78, 5) is 13.2. The van der Waals surface area contributed by atoms with Gasteiger partial charge in [0, 0.05) is 25.8 Å². The molecule has 1 aliphatic heterocycles. The lowest BCUT2D eigenvalue weighted by Gasteiger charge is -2.41. The van der Waals surface area contributed by atoms with Gasteiger partial charge in [-0.05, 0) is 40.8 Å². The molecule has 0 bridgehead atoms. The molecular formula is C14H24N4O. The molecule has 1 aliphatic rings. The van der Waals surface area contributed by atoms with Gasteiger partial charge in [-0.25, -0.2) is 4.98 Å². The Morgan fingerprint density at radius 3 is 2.84 bits per heavy atom. The monoisotopic (exact) mass is 264 g/mol. The molecule has 0 spiro atoms. The van der Waals surface area contributed by atoms with Crippen LogP contribution in [0.2, 0.25) is 0 Å². The highest BCUT2D eigenvalue weighted by Gasteiger charge is 2.34. The summed E-state index contributed by atoms with van der Waals surface area (Å²) in [6.07, 6.45) is 3.62. The van der Waals surface area contributed by atoms with Gasteiger partial charge in [-0.15, -0.1) is 0 Å². The van der Waals surface area contributed by atoms with Gasteiger partial charge in [0.05, 0.1) is 17.0 Å². The first-order valence-electron chi connectivity index (χ1n) is 6.82. The van der Waals surface area contributed by atoms with Crippen molar-refractivity contribution in [1.82, 2.24) is 14.9 Å². The van der Waals surface area contributed by atoms with Crippen molar-refractivity contribution in [2.45, 2.75) is 32.3 Å². The molecular weight excluding hydrogens is 240 g/mol. The van der Waals surface area contributed by atoms with Crippen LogP contribution in [0.1, 0.15) is 24.2 Å². The maximum Gasteiger partial charge on any atom is 0.150 e. The fourth-order valence-corrected chi connectivity index (χ4v) is 2.84. The minimum atomic E-state index is -0.653. The van der Waals surface area contributed by atoms with E-state index < -0.39 is 5.60 Å². The Bertz CT molecular complexity index is 449. The molecule has 2 rings (SSSR count). The van der Waals surface area contributed by atoms with E-state index in [-0.39, 0.29) is 0 Å². The highest BCUT2D eigenvalue weighted by Crippen LogP contribution is 2.26. The van der Waals surface area contributed by atoms with E-state index in [1.165, 1.54) is 0 Å². The largest absolute Gasteiger partial charge is 0.387 e. The first kappa shape index (κ1) is 14.2. The van der Waals surface area contributed by atoms with E-state index in [0.717, 1.165) is 36.6 Å². The van der Waals surface area contributed by atoms with Gasteiger partial charge < -0.3 is 14.9 Å². The minimum Gasteiger partial charge on any atom is -0.387 e. The van der Waals surface area contributed by atoms with Gasteiger partial charge in [0.25, 0.3) is 0 Å². The van der Waals surface area contributed by atoms with Gasteiger partial charge in [-0.3, -0.25) is 4.98 Å². The summed E-state index contributed by atoms with van der Waals surface area (Å²) in [6, 6.07) is 0. The quantitative estimate of drug-likeness (QED) is 0.882. The summed E-state index contributed by atoms with van der Waals surface area (Å²) < 4.78 is 0. The number of nitrogens with zero attached hydrogens (tertiary/aromatic N) is 4. The molecule has 0 radical (unpaired) electrons. The molecule has 1 aromatic heterocycles. The Labute approximate surface area is 115 Å². The van der Waals surface area contributed by atoms with Gasteiger partial charge >= 0.3 is 0 Å². The summed E-state index contributed by atoms with van der Waals surface area (Å²) in [5, 5.41) is 10.7. The highest BCUT2D eigenvalue weighted by molar-refractivity contribution is 5.44. The van der Waals surface area contributed by atoms with Crippen LogP contribution in [0.3, 0.4) is 0 Å². The Morgan fingerprint density at radius 2 is 2.16 bits per heavy atom. The second-order valence-electron chi connectivity index (χ2n) is 5.91. The molecule has 1 N–H and O–H groups in total. The van der Waals surface area contributed by atoms with E-state index in [2.05, 4.69) is 14.9 Å².